The second-order valence-electron chi connectivity index (χ2n) is 3.85. The number of hydrogen-bond donors (Lipinski definition) is 1. The lowest BCUT2D eigenvalue weighted by Crippen LogP contribution is -3.00. The van der Waals surface area contributed by atoms with E-state index < -0.39 is 0 Å². The molecule has 3 nitrogen and oxygen atoms in total. The van der Waals surface area contributed by atoms with E-state index in [2.05, 4.69) is 30.1 Å². The summed E-state index contributed by atoms with van der Waals surface area (Å²) in [6.45, 7) is 8.19. The number of anilines is 2. The normalized spacial score (nSPS) is 9.56. The average molecular weight is 290 g/mol. The Morgan fingerprint density at radius 2 is 1.94 bits per heavy atom. The van der Waals surface area contributed by atoms with Crippen molar-refractivity contribution in [2.75, 3.05) is 29.2 Å². The molecule has 0 atom stereocenters. The van der Waals surface area contributed by atoms with Gasteiger partial charge in [0.05, 0.1) is 0 Å². The summed E-state index contributed by atoms with van der Waals surface area (Å²) in [6, 6.07) is 6.02. The number of aryl methyl sites for hydroxylation is 1. The number of amides is 1. The van der Waals surface area contributed by atoms with Crippen LogP contribution in [0.15, 0.2) is 18.2 Å². The van der Waals surface area contributed by atoms with Gasteiger partial charge in [-0.1, -0.05) is 0 Å². The molecular weight excluding hydrogens is 271 g/mol. The molecule has 102 valence electrons. The summed E-state index contributed by atoms with van der Waals surface area (Å²) in [7, 11) is 0. The maximum atomic E-state index is 11.2. The van der Waals surface area contributed by atoms with Crippen LogP contribution in [0.25, 0.3) is 0 Å². The van der Waals surface area contributed by atoms with Crippen LogP contribution in [0.2, 0.25) is 0 Å². The highest BCUT2D eigenvalue weighted by atomic mass is 35.5. The van der Waals surface area contributed by atoms with Crippen LogP contribution in [0.1, 0.15) is 19.4 Å². The molecule has 0 bridgehead atoms. The van der Waals surface area contributed by atoms with E-state index in [0.717, 1.165) is 24.3 Å². The van der Waals surface area contributed by atoms with Gasteiger partial charge in [-0.2, -0.15) is 0 Å². The summed E-state index contributed by atoms with van der Waals surface area (Å²) in [4.78, 5) is 13.5. The van der Waals surface area contributed by atoms with Crippen LogP contribution >= 0.6 is 11.6 Å². The third-order valence-corrected chi connectivity index (χ3v) is 2.98. The topological polar surface area (TPSA) is 32.3 Å². The number of carbonyl (C=O) groups excluding carboxylic acids is 1. The number of benzene rings is 1. The zero-order valence-electron chi connectivity index (χ0n) is 11.0. The van der Waals surface area contributed by atoms with Crippen molar-refractivity contribution in [3.8, 4) is 0 Å². The molecule has 1 rings (SSSR count). The first-order valence-corrected chi connectivity index (χ1v) is 6.37. The van der Waals surface area contributed by atoms with Crippen molar-refractivity contribution >= 4 is 28.9 Å². The quantitative estimate of drug-likeness (QED) is 0.776. The largest absolute Gasteiger partial charge is 1.00 e. The molecule has 0 aliphatic carbocycles. The molecule has 0 saturated heterocycles. The van der Waals surface area contributed by atoms with Crippen molar-refractivity contribution in [2.45, 2.75) is 20.8 Å². The highest BCUT2D eigenvalue weighted by molar-refractivity contribution is 6.29. The van der Waals surface area contributed by atoms with Gasteiger partial charge in [0.25, 0.3) is 0 Å². The molecule has 1 aromatic rings. The van der Waals surface area contributed by atoms with Crippen molar-refractivity contribution in [1.29, 1.82) is 0 Å². The molecule has 0 aliphatic rings. The number of alkyl halides is 1. The lowest BCUT2D eigenvalue weighted by molar-refractivity contribution is -0.113. The molecule has 0 unspecified atom stereocenters. The zero-order valence-corrected chi connectivity index (χ0v) is 12.5. The fourth-order valence-corrected chi connectivity index (χ4v) is 1.82. The molecule has 1 amide bonds. The lowest BCUT2D eigenvalue weighted by atomic mass is 10.1. The minimum absolute atomic E-state index is 0. The van der Waals surface area contributed by atoms with Gasteiger partial charge in [-0.3, -0.25) is 4.79 Å². The van der Waals surface area contributed by atoms with Crippen molar-refractivity contribution in [1.82, 2.24) is 0 Å². The standard InChI is InChI=1S/C13H19ClN2O.ClH/c1-4-16(5-2)11-6-7-12(10(3)8-11)15-13(17)9-14;/h6-8H,4-5,9H2,1-3H3,(H,15,17);1H/p-1. The predicted octanol–water partition coefficient (Wildman–Crippen LogP) is 0.0225. The summed E-state index contributed by atoms with van der Waals surface area (Å²) in [5, 5.41) is 2.77. The second kappa shape index (κ2) is 8.22. The summed E-state index contributed by atoms with van der Waals surface area (Å²) in [6.07, 6.45) is 0. The Hall–Kier alpha value is -0.930. The zero-order chi connectivity index (χ0) is 12.8. The van der Waals surface area contributed by atoms with E-state index in [1.165, 1.54) is 5.69 Å². The molecule has 5 heteroatoms. The van der Waals surface area contributed by atoms with Gasteiger partial charge in [0.1, 0.15) is 5.88 Å². The first-order valence-electron chi connectivity index (χ1n) is 5.83. The van der Waals surface area contributed by atoms with Crippen LogP contribution < -0.4 is 22.6 Å². The molecule has 0 aromatic heterocycles. The first-order chi connectivity index (χ1) is 8.12. The number of carbonyl (C=O) groups is 1. The molecule has 0 saturated carbocycles. The second-order valence-corrected chi connectivity index (χ2v) is 4.12. The number of hydrogen-bond acceptors (Lipinski definition) is 2. The van der Waals surface area contributed by atoms with Gasteiger partial charge in [-0.25, -0.2) is 0 Å². The van der Waals surface area contributed by atoms with Crippen LogP contribution in [0.3, 0.4) is 0 Å². The van der Waals surface area contributed by atoms with Gasteiger partial charge >= 0.3 is 0 Å². The van der Waals surface area contributed by atoms with E-state index in [4.69, 9.17) is 11.6 Å². The summed E-state index contributed by atoms with van der Waals surface area (Å²) >= 11 is 5.46. The number of halogens is 2. The third kappa shape index (κ3) is 4.39. The van der Waals surface area contributed by atoms with Gasteiger partial charge < -0.3 is 22.6 Å². The van der Waals surface area contributed by atoms with Crippen LogP contribution in [0, 0.1) is 6.92 Å². The van der Waals surface area contributed by atoms with Gasteiger partial charge in [0.15, 0.2) is 0 Å². The molecule has 0 spiro atoms. The van der Waals surface area contributed by atoms with Gasteiger partial charge in [-0.15, -0.1) is 11.6 Å². The SMILES string of the molecule is CCN(CC)c1ccc(NC(=O)CCl)c(C)c1.[Cl-]. The van der Waals surface area contributed by atoms with Gasteiger partial charge in [-0.05, 0) is 44.5 Å². The highest BCUT2D eigenvalue weighted by Crippen LogP contribution is 2.22. The Morgan fingerprint density at radius 1 is 1.33 bits per heavy atom. The molecule has 18 heavy (non-hydrogen) atoms. The molecule has 1 aromatic carbocycles. The van der Waals surface area contributed by atoms with Crippen molar-refractivity contribution < 1.29 is 17.2 Å². The van der Waals surface area contributed by atoms with Crippen LogP contribution in [-0.4, -0.2) is 24.9 Å². The Morgan fingerprint density at radius 3 is 2.39 bits per heavy atom. The molecule has 0 aliphatic heterocycles. The molecular formula is C13H19Cl2N2O-. The fourth-order valence-electron chi connectivity index (χ4n) is 1.76. The predicted molar refractivity (Wildman–Crippen MR) is 74.1 cm³/mol. The van der Waals surface area contributed by atoms with E-state index in [1.807, 2.05) is 19.1 Å². The Bertz CT molecular complexity index is 393. The first kappa shape index (κ1) is 17.1. The maximum Gasteiger partial charge on any atom is 0.239 e. The number of nitrogens with one attached hydrogen (secondary N) is 1. The minimum atomic E-state index is -0.176. The van der Waals surface area contributed by atoms with Crippen LogP contribution in [-0.2, 0) is 4.79 Å². The van der Waals surface area contributed by atoms with E-state index in [0.29, 0.717) is 0 Å². The van der Waals surface area contributed by atoms with Gasteiger partial charge in [0, 0.05) is 24.5 Å². The number of rotatable bonds is 5. The Labute approximate surface area is 120 Å². The molecule has 0 fully saturated rings. The van der Waals surface area contributed by atoms with E-state index in [1.54, 1.807) is 0 Å². The van der Waals surface area contributed by atoms with Crippen molar-refractivity contribution in [3.05, 3.63) is 23.8 Å². The van der Waals surface area contributed by atoms with Crippen molar-refractivity contribution in [3.63, 3.8) is 0 Å². The summed E-state index contributed by atoms with van der Waals surface area (Å²) in [5.41, 5.74) is 3.05. The highest BCUT2D eigenvalue weighted by Gasteiger charge is 2.06. The Kier molecular flexibility index (Phi) is 7.80. The fraction of sp³-hybridized carbons (Fsp3) is 0.462. The monoisotopic (exact) mass is 289 g/mol. The van der Waals surface area contributed by atoms with E-state index >= 15 is 0 Å². The smallest absolute Gasteiger partial charge is 0.239 e. The van der Waals surface area contributed by atoms with E-state index in [9.17, 15) is 4.79 Å². The minimum Gasteiger partial charge on any atom is -1.00 e. The van der Waals surface area contributed by atoms with Crippen LogP contribution in [0.5, 0.6) is 0 Å². The molecule has 1 N–H and O–H groups in total. The lowest BCUT2D eigenvalue weighted by Gasteiger charge is -2.22. The molecule has 0 radical (unpaired) electrons. The Balaban J connectivity index is 0.00000289. The summed E-state index contributed by atoms with van der Waals surface area (Å²) < 4.78 is 0. The van der Waals surface area contributed by atoms with Crippen LogP contribution in [0.4, 0.5) is 11.4 Å². The maximum absolute atomic E-state index is 11.2. The van der Waals surface area contributed by atoms with E-state index in [-0.39, 0.29) is 24.2 Å². The number of nitrogens with zero attached hydrogens (tertiary/aromatic N) is 1. The van der Waals surface area contributed by atoms with Gasteiger partial charge in [0.2, 0.25) is 5.91 Å². The summed E-state index contributed by atoms with van der Waals surface area (Å²) in [5.74, 6) is -0.192. The average Bonchev–Trinajstić information content (AvgIpc) is 2.33. The third-order valence-electron chi connectivity index (χ3n) is 2.73. The molecule has 0 heterocycles. The van der Waals surface area contributed by atoms with Crippen molar-refractivity contribution in [2.24, 2.45) is 0 Å².